The second-order valence-corrected chi connectivity index (χ2v) is 7.38. The zero-order valence-electron chi connectivity index (χ0n) is 16.7. The lowest BCUT2D eigenvalue weighted by Crippen LogP contribution is -2.50. The number of anilines is 2. The van der Waals surface area contributed by atoms with E-state index >= 15 is 0 Å². The van der Waals surface area contributed by atoms with Gasteiger partial charge in [-0.25, -0.2) is 4.98 Å². The summed E-state index contributed by atoms with van der Waals surface area (Å²) in [5.41, 5.74) is 1.91. The molecular formula is C22H27N4O3+. The minimum atomic E-state index is -0.296. The summed E-state index contributed by atoms with van der Waals surface area (Å²) in [4.78, 5) is 34.6. The number of rotatable bonds is 5. The van der Waals surface area contributed by atoms with Crippen LogP contribution in [0.2, 0.25) is 0 Å². The van der Waals surface area contributed by atoms with Crippen molar-refractivity contribution in [3.63, 3.8) is 0 Å². The lowest BCUT2D eigenvalue weighted by molar-refractivity contribution is -0.377. The van der Waals surface area contributed by atoms with E-state index in [0.717, 1.165) is 24.5 Å². The molecule has 2 aromatic rings. The Hall–Kier alpha value is -3.09. The number of hydrogen-bond acceptors (Lipinski definition) is 4. The zero-order valence-corrected chi connectivity index (χ0v) is 16.7. The highest BCUT2D eigenvalue weighted by Crippen LogP contribution is 2.33. The van der Waals surface area contributed by atoms with Crippen molar-refractivity contribution in [2.45, 2.75) is 13.3 Å². The maximum Gasteiger partial charge on any atom is 0.228 e. The smallest absolute Gasteiger partial charge is 0.228 e. The monoisotopic (exact) mass is 395 g/mol. The first-order valence-electron chi connectivity index (χ1n) is 10.2. The number of carbonyl (C=O) groups is 2. The summed E-state index contributed by atoms with van der Waals surface area (Å²) in [6, 6.07) is 11.6. The fourth-order valence-corrected chi connectivity index (χ4v) is 4.10. The van der Waals surface area contributed by atoms with Gasteiger partial charge in [0.2, 0.25) is 11.8 Å². The summed E-state index contributed by atoms with van der Waals surface area (Å²) in [6.07, 6.45) is 4.07. The molecule has 7 nitrogen and oxygen atoms in total. The lowest BCUT2D eigenvalue weighted by atomic mass is 10.1. The van der Waals surface area contributed by atoms with Gasteiger partial charge in [0.15, 0.2) is 12.4 Å². The molecule has 1 aromatic carbocycles. The number of H-pyrrole nitrogens is 1. The average Bonchev–Trinajstić information content (AvgIpc) is 3.16. The number of aromatic amines is 1. The van der Waals surface area contributed by atoms with Gasteiger partial charge < -0.3 is 19.4 Å². The van der Waals surface area contributed by atoms with E-state index in [1.165, 1.54) is 0 Å². The third-order valence-electron chi connectivity index (χ3n) is 5.59. The molecule has 1 N–H and O–H groups in total. The Morgan fingerprint density at radius 1 is 1.10 bits per heavy atom. The number of pyridine rings is 1. The van der Waals surface area contributed by atoms with Crippen LogP contribution in [-0.2, 0) is 9.59 Å². The number of nitrogens with one attached hydrogen (secondary N) is 1. The van der Waals surface area contributed by atoms with Gasteiger partial charge in [-0.1, -0.05) is 12.1 Å². The van der Waals surface area contributed by atoms with Gasteiger partial charge >= 0.3 is 0 Å². The van der Waals surface area contributed by atoms with Crippen LogP contribution in [0.1, 0.15) is 13.3 Å². The van der Waals surface area contributed by atoms with Crippen molar-refractivity contribution < 1.29 is 19.3 Å². The molecule has 152 valence electrons. The summed E-state index contributed by atoms with van der Waals surface area (Å²) in [6.45, 7) is 5.82. The standard InChI is InChI=1S/C22H26N4O3/c1-2-29-20-6-4-3-5-19(20)26-16-17(15-21(26)27)22(28)25-13-11-24(12-14-25)18-7-9-23-10-8-18/h3-10,17H,2,11-16H2,1H3/p+1/t17-/m0/s1. The molecule has 0 radical (unpaired) electrons. The van der Waals surface area contributed by atoms with Crippen LogP contribution in [0.15, 0.2) is 48.8 Å². The molecule has 1 aromatic heterocycles. The Labute approximate surface area is 170 Å². The van der Waals surface area contributed by atoms with E-state index in [9.17, 15) is 9.59 Å². The van der Waals surface area contributed by atoms with Gasteiger partial charge in [0.25, 0.3) is 0 Å². The van der Waals surface area contributed by atoms with E-state index < -0.39 is 0 Å². The molecule has 0 bridgehead atoms. The lowest BCUT2D eigenvalue weighted by Gasteiger charge is -2.36. The number of hydrogen-bond donors (Lipinski definition) is 0. The Bertz CT molecular complexity index is 865. The van der Waals surface area contributed by atoms with Crippen molar-refractivity contribution in [2.24, 2.45) is 5.92 Å². The fourth-order valence-electron chi connectivity index (χ4n) is 4.10. The van der Waals surface area contributed by atoms with Gasteiger partial charge in [0.05, 0.1) is 18.2 Å². The molecule has 0 spiro atoms. The van der Waals surface area contributed by atoms with Gasteiger partial charge in [-0.05, 0) is 19.1 Å². The van der Waals surface area contributed by atoms with Crippen LogP contribution in [0.25, 0.3) is 0 Å². The summed E-state index contributed by atoms with van der Waals surface area (Å²) in [5.74, 6) is 0.450. The van der Waals surface area contributed by atoms with Crippen LogP contribution in [-0.4, -0.2) is 56.0 Å². The van der Waals surface area contributed by atoms with Crippen molar-refractivity contribution in [1.82, 2.24) is 4.90 Å². The molecule has 7 heteroatoms. The third-order valence-corrected chi connectivity index (χ3v) is 5.59. The van der Waals surface area contributed by atoms with Gasteiger partial charge in [-0.3, -0.25) is 9.59 Å². The van der Waals surface area contributed by atoms with Crippen LogP contribution in [0.4, 0.5) is 11.4 Å². The van der Waals surface area contributed by atoms with Gasteiger partial charge in [0.1, 0.15) is 5.75 Å². The minimum absolute atomic E-state index is 0.0188. The highest BCUT2D eigenvalue weighted by atomic mass is 16.5. The number of ether oxygens (including phenoxy) is 1. The van der Waals surface area contributed by atoms with Gasteiger partial charge in [-0.2, -0.15) is 0 Å². The number of carbonyl (C=O) groups excluding carboxylic acids is 2. The van der Waals surface area contributed by atoms with Crippen LogP contribution in [0, 0.1) is 5.92 Å². The molecule has 0 unspecified atom stereocenters. The summed E-state index contributed by atoms with van der Waals surface area (Å²) in [7, 11) is 0. The number of amides is 2. The van der Waals surface area contributed by atoms with Gasteiger partial charge in [0, 0.05) is 57.0 Å². The predicted molar refractivity (Wildman–Crippen MR) is 110 cm³/mol. The van der Waals surface area contributed by atoms with E-state index in [0.29, 0.717) is 32.0 Å². The summed E-state index contributed by atoms with van der Waals surface area (Å²) in [5, 5.41) is 0. The van der Waals surface area contributed by atoms with Crippen molar-refractivity contribution in [2.75, 3.05) is 49.1 Å². The molecule has 4 rings (SSSR count). The topological polar surface area (TPSA) is 67.2 Å². The molecule has 2 aliphatic heterocycles. The molecule has 2 saturated heterocycles. The molecular weight excluding hydrogens is 368 g/mol. The molecule has 2 amide bonds. The first kappa shape index (κ1) is 19.2. The molecule has 29 heavy (non-hydrogen) atoms. The van der Waals surface area contributed by atoms with E-state index in [1.54, 1.807) is 4.90 Å². The van der Waals surface area contributed by atoms with Crippen LogP contribution in [0.5, 0.6) is 5.75 Å². The predicted octanol–water partition coefficient (Wildman–Crippen LogP) is 1.60. The maximum absolute atomic E-state index is 13.1. The highest BCUT2D eigenvalue weighted by Gasteiger charge is 2.38. The average molecular weight is 395 g/mol. The fraction of sp³-hybridized carbons (Fsp3) is 0.409. The normalized spacial score (nSPS) is 19.6. The Balaban J connectivity index is 1.39. The SMILES string of the molecule is CCOc1ccccc1N1C[C@@H](C(=O)N2CCN(c3cc[nH+]cc3)CC2)CC1=O. The molecule has 0 saturated carbocycles. The number of piperazine rings is 1. The van der Waals surface area contributed by atoms with Crippen molar-refractivity contribution in [3.8, 4) is 5.75 Å². The molecule has 2 aliphatic rings. The largest absolute Gasteiger partial charge is 0.492 e. The second kappa shape index (κ2) is 8.51. The zero-order chi connectivity index (χ0) is 20.2. The number of benzene rings is 1. The van der Waals surface area contributed by atoms with Crippen LogP contribution < -0.4 is 19.5 Å². The van der Waals surface area contributed by atoms with E-state index in [4.69, 9.17) is 4.74 Å². The first-order chi connectivity index (χ1) is 14.2. The molecule has 1 atom stereocenters. The summed E-state index contributed by atoms with van der Waals surface area (Å²) < 4.78 is 5.67. The van der Waals surface area contributed by atoms with Crippen LogP contribution >= 0.6 is 0 Å². The number of nitrogens with zero attached hydrogens (tertiary/aromatic N) is 3. The summed E-state index contributed by atoms with van der Waals surface area (Å²) >= 11 is 0. The van der Waals surface area contributed by atoms with Crippen LogP contribution in [0.3, 0.4) is 0 Å². The quantitative estimate of drug-likeness (QED) is 0.771. The first-order valence-corrected chi connectivity index (χ1v) is 10.2. The molecule has 3 heterocycles. The minimum Gasteiger partial charge on any atom is -0.492 e. The maximum atomic E-state index is 13.1. The van der Waals surface area contributed by atoms with Crippen molar-refractivity contribution in [3.05, 3.63) is 48.8 Å². The molecule has 0 aliphatic carbocycles. The van der Waals surface area contributed by atoms with E-state index in [-0.39, 0.29) is 24.2 Å². The third kappa shape index (κ3) is 4.04. The number of aromatic nitrogens is 1. The Morgan fingerprint density at radius 2 is 1.83 bits per heavy atom. The Kier molecular flexibility index (Phi) is 5.64. The van der Waals surface area contributed by atoms with Crippen molar-refractivity contribution >= 4 is 23.2 Å². The number of para-hydroxylation sites is 2. The van der Waals surface area contributed by atoms with Crippen molar-refractivity contribution in [1.29, 1.82) is 0 Å². The highest BCUT2D eigenvalue weighted by molar-refractivity contribution is 6.01. The second-order valence-electron chi connectivity index (χ2n) is 7.38. The van der Waals surface area contributed by atoms with E-state index in [2.05, 4.69) is 9.88 Å². The van der Waals surface area contributed by atoms with Gasteiger partial charge in [-0.15, -0.1) is 0 Å². The molecule has 2 fully saturated rings. The van der Waals surface area contributed by atoms with E-state index in [1.807, 2.05) is 60.6 Å². The Morgan fingerprint density at radius 3 is 2.55 bits per heavy atom.